The molecular weight excluding hydrogens is 218 g/mol. The van der Waals surface area contributed by atoms with E-state index in [1.54, 1.807) is 0 Å². The third-order valence-corrected chi connectivity index (χ3v) is 3.05. The minimum atomic E-state index is 0.901. The van der Waals surface area contributed by atoms with E-state index in [-0.39, 0.29) is 0 Å². The molecule has 92 valence electrons. The van der Waals surface area contributed by atoms with Gasteiger partial charge in [0.1, 0.15) is 0 Å². The van der Waals surface area contributed by atoms with Gasteiger partial charge in [-0.05, 0) is 35.3 Å². The van der Waals surface area contributed by atoms with Crippen LogP contribution < -0.4 is 4.90 Å². The van der Waals surface area contributed by atoms with Crippen molar-refractivity contribution >= 4 is 11.3 Å². The van der Waals surface area contributed by atoms with Crippen molar-refractivity contribution in [1.29, 1.82) is 0 Å². The van der Waals surface area contributed by atoms with Crippen LogP contribution in [-0.2, 0) is 6.42 Å². The molecule has 0 N–H and O–H groups in total. The summed E-state index contributed by atoms with van der Waals surface area (Å²) in [4.78, 5) is 2.11. The van der Waals surface area contributed by atoms with Crippen LogP contribution in [0.25, 0.3) is 5.57 Å². The van der Waals surface area contributed by atoms with Gasteiger partial charge in [0.25, 0.3) is 0 Å². The minimum absolute atomic E-state index is 0.901. The predicted octanol–water partition coefficient (Wildman–Crippen LogP) is 4.01. The topological polar surface area (TPSA) is 3.24 Å². The third kappa shape index (κ3) is 3.01. The Balaban J connectivity index is 2.08. The van der Waals surface area contributed by atoms with E-state index in [1.165, 1.54) is 16.8 Å². The summed E-state index contributed by atoms with van der Waals surface area (Å²) in [6.45, 7) is 4.17. The number of rotatable bonds is 4. The van der Waals surface area contributed by atoms with E-state index >= 15 is 0 Å². The van der Waals surface area contributed by atoms with E-state index in [9.17, 15) is 0 Å². The number of nitrogens with zero attached hydrogens (tertiary/aromatic N) is 1. The molecule has 0 heterocycles. The molecule has 1 nitrogen and oxygen atoms in total. The molecule has 1 heteroatoms. The molecule has 0 aliphatic carbocycles. The van der Waals surface area contributed by atoms with Crippen LogP contribution in [0.2, 0.25) is 0 Å². The minimum Gasteiger partial charge on any atom is -0.378 e. The standard InChI is InChI=1S/C17H19N/c1-14(16-7-5-4-6-8-16)13-15-9-11-17(12-10-15)18(2)3/h4-12H,1,13H2,2-3H3. The quantitative estimate of drug-likeness (QED) is 0.776. The summed E-state index contributed by atoms with van der Waals surface area (Å²) >= 11 is 0. The van der Waals surface area contributed by atoms with Crippen molar-refractivity contribution in [2.45, 2.75) is 6.42 Å². The summed E-state index contributed by atoms with van der Waals surface area (Å²) in [7, 11) is 4.11. The zero-order valence-electron chi connectivity index (χ0n) is 11.1. The lowest BCUT2D eigenvalue weighted by atomic mass is 10.00. The third-order valence-electron chi connectivity index (χ3n) is 3.05. The van der Waals surface area contributed by atoms with Crippen LogP contribution in [0, 0.1) is 0 Å². The molecule has 0 saturated heterocycles. The molecule has 0 aromatic heterocycles. The van der Waals surface area contributed by atoms with Crippen LogP contribution in [0.1, 0.15) is 11.1 Å². The molecule has 0 fully saturated rings. The Labute approximate surface area is 109 Å². The second kappa shape index (κ2) is 5.54. The Kier molecular flexibility index (Phi) is 3.83. The highest BCUT2D eigenvalue weighted by molar-refractivity contribution is 5.65. The van der Waals surface area contributed by atoms with Gasteiger partial charge in [-0.25, -0.2) is 0 Å². The molecule has 0 amide bonds. The molecule has 0 bridgehead atoms. The number of benzene rings is 2. The first-order chi connectivity index (χ1) is 8.66. The van der Waals surface area contributed by atoms with Crippen LogP contribution in [0.5, 0.6) is 0 Å². The molecule has 0 radical (unpaired) electrons. The molecule has 0 spiro atoms. The Morgan fingerprint density at radius 1 is 0.944 bits per heavy atom. The number of hydrogen-bond acceptors (Lipinski definition) is 1. The first-order valence-corrected chi connectivity index (χ1v) is 6.16. The van der Waals surface area contributed by atoms with Crippen molar-refractivity contribution in [3.8, 4) is 0 Å². The Hall–Kier alpha value is -2.02. The smallest absolute Gasteiger partial charge is 0.0361 e. The van der Waals surface area contributed by atoms with Gasteiger partial charge in [-0.1, -0.05) is 49.0 Å². The summed E-state index contributed by atoms with van der Waals surface area (Å²) in [6.07, 6.45) is 0.901. The van der Waals surface area contributed by atoms with Gasteiger partial charge in [0.05, 0.1) is 0 Å². The van der Waals surface area contributed by atoms with Crippen LogP contribution in [-0.4, -0.2) is 14.1 Å². The lowest BCUT2D eigenvalue weighted by Gasteiger charge is -2.13. The number of allylic oxidation sites excluding steroid dienone is 1. The number of anilines is 1. The molecule has 2 aromatic carbocycles. The highest BCUT2D eigenvalue weighted by atomic mass is 15.1. The fourth-order valence-electron chi connectivity index (χ4n) is 1.93. The summed E-state index contributed by atoms with van der Waals surface area (Å²) in [5, 5.41) is 0. The Bertz CT molecular complexity index is 509. The fraction of sp³-hybridized carbons (Fsp3) is 0.176. The summed E-state index contributed by atoms with van der Waals surface area (Å²) < 4.78 is 0. The second-order valence-electron chi connectivity index (χ2n) is 4.71. The fourth-order valence-corrected chi connectivity index (χ4v) is 1.93. The molecule has 0 atom stereocenters. The van der Waals surface area contributed by atoms with Gasteiger partial charge in [-0.15, -0.1) is 0 Å². The molecule has 0 unspecified atom stereocenters. The summed E-state index contributed by atoms with van der Waals surface area (Å²) in [6, 6.07) is 19.0. The van der Waals surface area contributed by atoms with E-state index in [4.69, 9.17) is 0 Å². The van der Waals surface area contributed by atoms with Crippen molar-refractivity contribution in [2.24, 2.45) is 0 Å². The SMILES string of the molecule is C=C(Cc1ccc(N(C)C)cc1)c1ccccc1. The van der Waals surface area contributed by atoms with Crippen LogP contribution in [0.3, 0.4) is 0 Å². The summed E-state index contributed by atoms with van der Waals surface area (Å²) in [5.41, 5.74) is 4.90. The average Bonchev–Trinajstić information content (AvgIpc) is 2.40. The highest BCUT2D eigenvalue weighted by Gasteiger charge is 2.01. The van der Waals surface area contributed by atoms with Crippen LogP contribution >= 0.6 is 0 Å². The van der Waals surface area contributed by atoms with Gasteiger partial charge in [-0.2, -0.15) is 0 Å². The average molecular weight is 237 g/mol. The normalized spacial score (nSPS) is 10.1. The lowest BCUT2D eigenvalue weighted by molar-refractivity contribution is 1.13. The molecule has 2 aromatic rings. The lowest BCUT2D eigenvalue weighted by Crippen LogP contribution is -2.08. The maximum atomic E-state index is 4.17. The Morgan fingerprint density at radius 3 is 2.11 bits per heavy atom. The first-order valence-electron chi connectivity index (χ1n) is 6.16. The maximum Gasteiger partial charge on any atom is 0.0361 e. The van der Waals surface area contributed by atoms with E-state index < -0.39 is 0 Å². The molecule has 0 saturated carbocycles. The Morgan fingerprint density at radius 2 is 1.56 bits per heavy atom. The maximum absolute atomic E-state index is 4.17. The number of hydrogen-bond donors (Lipinski definition) is 0. The zero-order valence-corrected chi connectivity index (χ0v) is 11.1. The van der Waals surface area contributed by atoms with Gasteiger partial charge >= 0.3 is 0 Å². The molecule has 0 aliphatic heterocycles. The van der Waals surface area contributed by atoms with Gasteiger partial charge in [0.2, 0.25) is 0 Å². The van der Waals surface area contributed by atoms with E-state index in [0.29, 0.717) is 0 Å². The zero-order chi connectivity index (χ0) is 13.0. The molecule has 2 rings (SSSR count). The van der Waals surface area contributed by atoms with Crippen molar-refractivity contribution in [2.75, 3.05) is 19.0 Å². The monoisotopic (exact) mass is 237 g/mol. The van der Waals surface area contributed by atoms with E-state index in [2.05, 4.69) is 74.1 Å². The molecule has 0 aliphatic rings. The van der Waals surface area contributed by atoms with Crippen molar-refractivity contribution in [3.05, 3.63) is 72.3 Å². The molecular formula is C17H19N. The summed E-state index contributed by atoms with van der Waals surface area (Å²) in [5.74, 6) is 0. The van der Waals surface area contributed by atoms with Crippen molar-refractivity contribution in [1.82, 2.24) is 0 Å². The van der Waals surface area contributed by atoms with Crippen LogP contribution in [0.15, 0.2) is 61.2 Å². The first kappa shape index (κ1) is 12.4. The van der Waals surface area contributed by atoms with E-state index in [1.807, 2.05) is 6.07 Å². The van der Waals surface area contributed by atoms with Crippen LogP contribution in [0.4, 0.5) is 5.69 Å². The van der Waals surface area contributed by atoms with E-state index in [0.717, 1.165) is 12.0 Å². The largest absolute Gasteiger partial charge is 0.378 e. The van der Waals surface area contributed by atoms with Crippen molar-refractivity contribution < 1.29 is 0 Å². The van der Waals surface area contributed by atoms with Gasteiger partial charge in [-0.3, -0.25) is 0 Å². The van der Waals surface area contributed by atoms with Gasteiger partial charge in [0, 0.05) is 19.8 Å². The second-order valence-corrected chi connectivity index (χ2v) is 4.71. The highest BCUT2D eigenvalue weighted by Crippen LogP contribution is 2.19. The molecule has 18 heavy (non-hydrogen) atoms. The van der Waals surface area contributed by atoms with Crippen molar-refractivity contribution in [3.63, 3.8) is 0 Å². The van der Waals surface area contributed by atoms with Gasteiger partial charge < -0.3 is 4.90 Å². The van der Waals surface area contributed by atoms with Gasteiger partial charge in [0.15, 0.2) is 0 Å². The predicted molar refractivity (Wildman–Crippen MR) is 79.9 cm³/mol.